The Morgan fingerprint density at radius 1 is 1.06 bits per heavy atom. The van der Waals surface area contributed by atoms with E-state index in [1.54, 1.807) is 24.5 Å². The second-order valence-electron chi connectivity index (χ2n) is 7.62. The fourth-order valence-corrected chi connectivity index (χ4v) is 3.94. The molecule has 2 heterocycles. The number of benzene rings is 2. The van der Waals surface area contributed by atoms with Crippen molar-refractivity contribution in [3.05, 3.63) is 112 Å². The number of nitrogens with zero attached hydrogens (tertiary/aromatic N) is 2. The molecule has 1 N–H and O–H groups in total. The van der Waals surface area contributed by atoms with Crippen LogP contribution in [0.25, 0.3) is 0 Å². The van der Waals surface area contributed by atoms with Crippen LogP contribution in [0.4, 0.5) is 0 Å². The van der Waals surface area contributed by atoms with Crippen LogP contribution in [0, 0.1) is 0 Å². The summed E-state index contributed by atoms with van der Waals surface area (Å²) < 4.78 is 10.9. The fourth-order valence-electron chi connectivity index (χ4n) is 3.47. The minimum atomic E-state index is -0.329. The van der Waals surface area contributed by atoms with Crippen LogP contribution in [0.1, 0.15) is 46.2 Å². The summed E-state index contributed by atoms with van der Waals surface area (Å²) >= 11 is 12.5. The normalized spacial score (nSPS) is 12.1. The van der Waals surface area contributed by atoms with Crippen LogP contribution in [0.15, 0.2) is 82.0 Å². The molecule has 0 bridgehead atoms. The molecule has 170 valence electrons. The van der Waals surface area contributed by atoms with Crippen molar-refractivity contribution in [3.63, 3.8) is 0 Å². The molecule has 8 heteroatoms. The molecule has 0 aliphatic rings. The highest BCUT2D eigenvalue weighted by molar-refractivity contribution is 6.35. The van der Waals surface area contributed by atoms with Crippen molar-refractivity contribution in [2.24, 2.45) is 0 Å². The van der Waals surface area contributed by atoms with Crippen LogP contribution < -0.4 is 5.32 Å². The molecule has 4 rings (SSSR count). The third-order valence-electron chi connectivity index (χ3n) is 5.34. The molecule has 4 aromatic rings. The number of carbonyl (C=O) groups is 1. The first kappa shape index (κ1) is 23.1. The van der Waals surface area contributed by atoms with Gasteiger partial charge in [0.2, 0.25) is 5.89 Å². The smallest absolute Gasteiger partial charge is 0.273 e. The Bertz CT molecular complexity index is 1190. The van der Waals surface area contributed by atoms with Gasteiger partial charge in [0.25, 0.3) is 5.91 Å². The summed E-state index contributed by atoms with van der Waals surface area (Å²) in [6.45, 7) is 3.33. The summed E-state index contributed by atoms with van der Waals surface area (Å²) in [6, 6.07) is 19.2. The molecule has 0 saturated heterocycles. The highest BCUT2D eigenvalue weighted by atomic mass is 35.5. The van der Waals surface area contributed by atoms with E-state index in [0.29, 0.717) is 34.8 Å². The van der Waals surface area contributed by atoms with E-state index in [2.05, 4.69) is 34.3 Å². The van der Waals surface area contributed by atoms with Crippen LogP contribution in [-0.4, -0.2) is 15.8 Å². The summed E-state index contributed by atoms with van der Waals surface area (Å²) in [7, 11) is 0. The highest BCUT2D eigenvalue weighted by Crippen LogP contribution is 2.28. The molecule has 6 nitrogen and oxygen atoms in total. The molecule has 0 spiro atoms. The van der Waals surface area contributed by atoms with E-state index in [4.69, 9.17) is 32.0 Å². The third-order valence-corrected chi connectivity index (χ3v) is 5.93. The van der Waals surface area contributed by atoms with Crippen molar-refractivity contribution < 1.29 is 13.6 Å². The van der Waals surface area contributed by atoms with Crippen molar-refractivity contribution in [2.75, 3.05) is 0 Å². The van der Waals surface area contributed by atoms with Crippen molar-refractivity contribution in [3.8, 4) is 0 Å². The number of amides is 1. The Balaban J connectivity index is 1.50. The average molecular weight is 484 g/mol. The van der Waals surface area contributed by atoms with Crippen molar-refractivity contribution in [2.45, 2.75) is 32.6 Å². The Morgan fingerprint density at radius 3 is 2.61 bits per heavy atom. The lowest BCUT2D eigenvalue weighted by molar-refractivity contribution is 0.0943. The van der Waals surface area contributed by atoms with E-state index in [1.165, 1.54) is 6.26 Å². The van der Waals surface area contributed by atoms with E-state index in [0.717, 1.165) is 11.1 Å². The van der Waals surface area contributed by atoms with Gasteiger partial charge in [0.05, 0.1) is 19.4 Å². The third kappa shape index (κ3) is 6.05. The number of nitrogens with one attached hydrogen (secondary N) is 1. The monoisotopic (exact) mass is 483 g/mol. The molecule has 1 amide bonds. The molecule has 0 saturated carbocycles. The second kappa shape index (κ2) is 10.7. The van der Waals surface area contributed by atoms with Gasteiger partial charge in [-0.15, -0.1) is 0 Å². The first-order valence-corrected chi connectivity index (χ1v) is 11.2. The van der Waals surface area contributed by atoms with E-state index in [1.807, 2.05) is 30.3 Å². The second-order valence-corrected chi connectivity index (χ2v) is 8.46. The van der Waals surface area contributed by atoms with Crippen molar-refractivity contribution in [1.82, 2.24) is 15.2 Å². The van der Waals surface area contributed by atoms with Crippen molar-refractivity contribution >= 4 is 29.1 Å². The van der Waals surface area contributed by atoms with E-state index < -0.39 is 0 Å². The Morgan fingerprint density at radius 2 is 1.88 bits per heavy atom. The topological polar surface area (TPSA) is 71.5 Å². The quantitative estimate of drug-likeness (QED) is 0.303. The summed E-state index contributed by atoms with van der Waals surface area (Å²) in [4.78, 5) is 19.0. The number of aromatic nitrogens is 1. The summed E-state index contributed by atoms with van der Waals surface area (Å²) in [5.74, 6) is 0.769. The Labute approximate surface area is 202 Å². The first-order chi connectivity index (χ1) is 16.0. The van der Waals surface area contributed by atoms with Gasteiger partial charge >= 0.3 is 0 Å². The van der Waals surface area contributed by atoms with Gasteiger partial charge in [-0.25, -0.2) is 4.98 Å². The van der Waals surface area contributed by atoms with Crippen LogP contribution in [0.3, 0.4) is 0 Å². The zero-order chi connectivity index (χ0) is 23.2. The van der Waals surface area contributed by atoms with Gasteiger partial charge in [-0.05, 0) is 42.3 Å². The molecule has 2 aromatic heterocycles. The molecule has 0 aliphatic heterocycles. The lowest BCUT2D eigenvalue weighted by Gasteiger charge is -2.28. The van der Waals surface area contributed by atoms with Gasteiger partial charge in [0, 0.05) is 22.6 Å². The predicted octanol–water partition coefficient (Wildman–Crippen LogP) is 6.27. The van der Waals surface area contributed by atoms with Gasteiger partial charge in [-0.2, -0.15) is 0 Å². The Kier molecular flexibility index (Phi) is 7.50. The molecule has 1 atom stereocenters. The van der Waals surface area contributed by atoms with E-state index in [9.17, 15) is 4.79 Å². The van der Waals surface area contributed by atoms with Gasteiger partial charge < -0.3 is 14.2 Å². The van der Waals surface area contributed by atoms with Crippen LogP contribution >= 0.6 is 23.2 Å². The maximum absolute atomic E-state index is 12.4. The molecule has 33 heavy (non-hydrogen) atoms. The predicted molar refractivity (Wildman–Crippen MR) is 127 cm³/mol. The number of rotatable bonds is 9. The molecule has 2 aromatic carbocycles. The number of furan rings is 1. The summed E-state index contributed by atoms with van der Waals surface area (Å²) in [6.07, 6.45) is 2.93. The molecule has 0 fully saturated rings. The van der Waals surface area contributed by atoms with Gasteiger partial charge in [-0.3, -0.25) is 9.69 Å². The number of hydrogen-bond acceptors (Lipinski definition) is 5. The molecule has 0 radical (unpaired) electrons. The standard InChI is InChI=1S/C25H23Cl2N3O3/c1-17(18-6-3-2-4-7-18)30(14-19-9-10-20(26)12-22(19)27)15-24-29-23(16-33-24)25(31)28-13-21-8-5-11-32-21/h2-12,16-17H,13-15H2,1H3,(H,28,31). The van der Waals surface area contributed by atoms with Crippen LogP contribution in [0.5, 0.6) is 0 Å². The maximum atomic E-state index is 12.4. The number of oxazole rings is 1. The van der Waals surface area contributed by atoms with E-state index in [-0.39, 0.29) is 24.2 Å². The molecule has 0 aliphatic carbocycles. The SMILES string of the molecule is CC(c1ccccc1)N(Cc1nc(C(=O)NCc2ccco2)co1)Cc1ccc(Cl)cc1Cl. The largest absolute Gasteiger partial charge is 0.467 e. The minimum Gasteiger partial charge on any atom is -0.467 e. The molecule has 1 unspecified atom stereocenters. The lowest BCUT2D eigenvalue weighted by Crippen LogP contribution is -2.27. The van der Waals surface area contributed by atoms with Crippen LogP contribution in [-0.2, 0) is 19.6 Å². The highest BCUT2D eigenvalue weighted by Gasteiger charge is 2.21. The van der Waals surface area contributed by atoms with Gasteiger partial charge in [-0.1, -0.05) is 59.6 Å². The average Bonchev–Trinajstić information content (AvgIpc) is 3.51. The number of halogens is 2. The summed E-state index contributed by atoms with van der Waals surface area (Å²) in [5, 5.41) is 3.95. The fraction of sp³-hybridized carbons (Fsp3) is 0.200. The lowest BCUT2D eigenvalue weighted by atomic mass is 10.1. The number of hydrogen-bond donors (Lipinski definition) is 1. The molecular weight excluding hydrogens is 461 g/mol. The van der Waals surface area contributed by atoms with Gasteiger partial charge in [0.1, 0.15) is 12.0 Å². The minimum absolute atomic E-state index is 0.0427. The Hall–Kier alpha value is -3.06. The number of carbonyl (C=O) groups excluding carboxylic acids is 1. The van der Waals surface area contributed by atoms with Gasteiger partial charge in [0.15, 0.2) is 5.69 Å². The summed E-state index contributed by atoms with van der Waals surface area (Å²) in [5.41, 5.74) is 2.30. The van der Waals surface area contributed by atoms with Crippen LogP contribution in [0.2, 0.25) is 10.0 Å². The maximum Gasteiger partial charge on any atom is 0.273 e. The van der Waals surface area contributed by atoms with Crippen molar-refractivity contribution in [1.29, 1.82) is 0 Å². The zero-order valence-corrected chi connectivity index (χ0v) is 19.5. The van der Waals surface area contributed by atoms with E-state index >= 15 is 0 Å². The zero-order valence-electron chi connectivity index (χ0n) is 18.0. The first-order valence-electron chi connectivity index (χ1n) is 10.5. The molecular formula is C25H23Cl2N3O3.